The van der Waals surface area contributed by atoms with E-state index in [0.717, 1.165) is 21.3 Å². The zero-order chi connectivity index (χ0) is 20.3. The lowest BCUT2D eigenvalue weighted by Gasteiger charge is -2.30. The Labute approximate surface area is 163 Å². The standard InChI is InChI=1S/C21H21FN2O3S/c1-3-20(24(28(2,26)27)17-13-11-16(22)12-14-17)21(25)23-19-10-6-8-15-7-4-5-9-18(15)19/h4-14,20H,3H2,1-2H3,(H,23,25). The molecule has 3 aromatic carbocycles. The van der Waals surface area contributed by atoms with E-state index in [1.807, 2.05) is 36.4 Å². The molecule has 0 saturated carbocycles. The first-order valence-electron chi connectivity index (χ1n) is 8.85. The van der Waals surface area contributed by atoms with Crippen LogP contribution < -0.4 is 9.62 Å². The maximum atomic E-state index is 13.3. The number of nitrogens with one attached hydrogen (secondary N) is 1. The molecule has 0 saturated heterocycles. The van der Waals surface area contributed by atoms with Crippen LogP contribution in [0.3, 0.4) is 0 Å². The van der Waals surface area contributed by atoms with Gasteiger partial charge >= 0.3 is 0 Å². The fraction of sp³-hybridized carbons (Fsp3) is 0.190. The third-order valence-corrected chi connectivity index (χ3v) is 5.64. The van der Waals surface area contributed by atoms with Gasteiger partial charge in [0.15, 0.2) is 0 Å². The molecule has 0 bridgehead atoms. The van der Waals surface area contributed by atoms with Crippen LogP contribution in [0.4, 0.5) is 15.8 Å². The molecule has 0 aromatic heterocycles. The van der Waals surface area contributed by atoms with E-state index >= 15 is 0 Å². The molecule has 0 aliphatic rings. The number of nitrogens with zero attached hydrogens (tertiary/aromatic N) is 1. The summed E-state index contributed by atoms with van der Waals surface area (Å²) in [4.78, 5) is 13.0. The van der Waals surface area contributed by atoms with E-state index in [1.165, 1.54) is 24.3 Å². The molecule has 1 unspecified atom stereocenters. The summed E-state index contributed by atoms with van der Waals surface area (Å²) >= 11 is 0. The number of amides is 1. The van der Waals surface area contributed by atoms with E-state index in [1.54, 1.807) is 13.0 Å². The van der Waals surface area contributed by atoms with Crippen molar-refractivity contribution in [3.8, 4) is 0 Å². The SMILES string of the molecule is CCC(C(=O)Nc1cccc2ccccc12)N(c1ccc(F)cc1)S(C)(=O)=O. The summed E-state index contributed by atoms with van der Waals surface area (Å²) in [6.45, 7) is 1.73. The molecule has 146 valence electrons. The Kier molecular flexibility index (Phi) is 5.65. The van der Waals surface area contributed by atoms with Gasteiger partial charge in [0.25, 0.3) is 0 Å². The summed E-state index contributed by atoms with van der Waals surface area (Å²) in [5.41, 5.74) is 0.845. The van der Waals surface area contributed by atoms with Crippen molar-refractivity contribution in [1.29, 1.82) is 0 Å². The lowest BCUT2D eigenvalue weighted by molar-refractivity contribution is -0.117. The molecule has 0 aliphatic carbocycles. The summed E-state index contributed by atoms with van der Waals surface area (Å²) in [7, 11) is -3.77. The second kappa shape index (κ2) is 7.98. The molecule has 0 spiro atoms. The Bertz CT molecular complexity index is 1090. The van der Waals surface area contributed by atoms with Crippen LogP contribution in [0, 0.1) is 5.82 Å². The highest BCUT2D eigenvalue weighted by atomic mass is 32.2. The Morgan fingerprint density at radius 2 is 1.68 bits per heavy atom. The minimum Gasteiger partial charge on any atom is -0.324 e. The molecule has 1 N–H and O–H groups in total. The molecule has 7 heteroatoms. The Balaban J connectivity index is 1.97. The molecule has 1 atom stereocenters. The van der Waals surface area contributed by atoms with E-state index in [0.29, 0.717) is 5.69 Å². The first-order valence-corrected chi connectivity index (χ1v) is 10.7. The van der Waals surface area contributed by atoms with Crippen LogP contribution in [-0.4, -0.2) is 26.6 Å². The molecule has 5 nitrogen and oxygen atoms in total. The predicted octanol–water partition coefficient (Wildman–Crippen LogP) is 4.16. The fourth-order valence-electron chi connectivity index (χ4n) is 3.20. The summed E-state index contributed by atoms with van der Waals surface area (Å²) in [6, 6.07) is 17.2. The molecule has 3 rings (SSSR count). The van der Waals surface area contributed by atoms with E-state index in [2.05, 4.69) is 5.32 Å². The van der Waals surface area contributed by atoms with Gasteiger partial charge in [-0.2, -0.15) is 0 Å². The van der Waals surface area contributed by atoms with Crippen LogP contribution in [-0.2, 0) is 14.8 Å². The molecule has 0 aliphatic heterocycles. The van der Waals surface area contributed by atoms with Crippen molar-refractivity contribution in [2.45, 2.75) is 19.4 Å². The van der Waals surface area contributed by atoms with Gasteiger partial charge in [0, 0.05) is 11.1 Å². The Morgan fingerprint density at radius 1 is 1.04 bits per heavy atom. The largest absolute Gasteiger partial charge is 0.324 e. The van der Waals surface area contributed by atoms with Gasteiger partial charge in [-0.25, -0.2) is 12.8 Å². The van der Waals surface area contributed by atoms with Crippen LogP contribution in [0.5, 0.6) is 0 Å². The number of carbonyl (C=O) groups excluding carboxylic acids is 1. The van der Waals surface area contributed by atoms with Gasteiger partial charge in [-0.3, -0.25) is 9.10 Å². The quantitative estimate of drug-likeness (QED) is 0.676. The van der Waals surface area contributed by atoms with Crippen molar-refractivity contribution < 1.29 is 17.6 Å². The molecule has 0 fully saturated rings. The van der Waals surface area contributed by atoms with Crippen molar-refractivity contribution in [2.24, 2.45) is 0 Å². The van der Waals surface area contributed by atoms with Gasteiger partial charge in [0.2, 0.25) is 15.9 Å². The van der Waals surface area contributed by atoms with Crippen molar-refractivity contribution in [2.75, 3.05) is 15.9 Å². The summed E-state index contributed by atoms with van der Waals surface area (Å²) in [5.74, 6) is -0.931. The highest BCUT2D eigenvalue weighted by Crippen LogP contribution is 2.26. The number of hydrogen-bond acceptors (Lipinski definition) is 3. The molecule has 0 heterocycles. The monoisotopic (exact) mass is 400 g/mol. The molecule has 0 radical (unpaired) electrons. The second-order valence-electron chi connectivity index (χ2n) is 6.48. The Hall–Kier alpha value is -2.93. The zero-order valence-corrected chi connectivity index (χ0v) is 16.4. The average molecular weight is 400 g/mol. The number of rotatable bonds is 6. The topological polar surface area (TPSA) is 66.5 Å². The van der Waals surface area contributed by atoms with E-state index < -0.39 is 27.8 Å². The van der Waals surface area contributed by atoms with Crippen LogP contribution in [0.1, 0.15) is 13.3 Å². The minimum absolute atomic E-state index is 0.240. The summed E-state index contributed by atoms with van der Waals surface area (Å²) in [5, 5.41) is 4.68. The fourth-order valence-corrected chi connectivity index (χ4v) is 4.41. The molecule has 3 aromatic rings. The van der Waals surface area contributed by atoms with E-state index in [-0.39, 0.29) is 12.1 Å². The van der Waals surface area contributed by atoms with E-state index in [4.69, 9.17) is 0 Å². The lowest BCUT2D eigenvalue weighted by Crippen LogP contribution is -2.47. The average Bonchev–Trinajstić information content (AvgIpc) is 2.66. The summed E-state index contributed by atoms with van der Waals surface area (Å²) in [6.07, 6.45) is 1.28. The minimum atomic E-state index is -3.77. The highest BCUT2D eigenvalue weighted by Gasteiger charge is 2.31. The normalized spacial score (nSPS) is 12.5. The van der Waals surface area contributed by atoms with Crippen molar-refractivity contribution in [3.05, 3.63) is 72.5 Å². The van der Waals surface area contributed by atoms with Gasteiger partial charge < -0.3 is 5.32 Å². The van der Waals surface area contributed by atoms with Crippen LogP contribution in [0.15, 0.2) is 66.7 Å². The van der Waals surface area contributed by atoms with Crippen molar-refractivity contribution in [3.63, 3.8) is 0 Å². The predicted molar refractivity (Wildman–Crippen MR) is 110 cm³/mol. The number of sulfonamides is 1. The van der Waals surface area contributed by atoms with Crippen LogP contribution in [0.2, 0.25) is 0 Å². The molecular weight excluding hydrogens is 379 g/mol. The number of anilines is 2. The highest BCUT2D eigenvalue weighted by molar-refractivity contribution is 7.92. The van der Waals surface area contributed by atoms with Gasteiger partial charge in [0.1, 0.15) is 11.9 Å². The van der Waals surface area contributed by atoms with Gasteiger partial charge in [0.05, 0.1) is 11.9 Å². The number of halogens is 1. The Morgan fingerprint density at radius 3 is 2.32 bits per heavy atom. The van der Waals surface area contributed by atoms with Crippen LogP contribution in [0.25, 0.3) is 10.8 Å². The number of carbonyl (C=O) groups is 1. The zero-order valence-electron chi connectivity index (χ0n) is 15.6. The van der Waals surface area contributed by atoms with Crippen LogP contribution >= 0.6 is 0 Å². The van der Waals surface area contributed by atoms with Gasteiger partial charge in [-0.1, -0.05) is 43.3 Å². The first kappa shape index (κ1) is 19.8. The van der Waals surface area contributed by atoms with Gasteiger partial charge in [-0.15, -0.1) is 0 Å². The number of benzene rings is 3. The number of hydrogen-bond donors (Lipinski definition) is 1. The first-order chi connectivity index (χ1) is 13.3. The van der Waals surface area contributed by atoms with E-state index in [9.17, 15) is 17.6 Å². The molecule has 28 heavy (non-hydrogen) atoms. The maximum absolute atomic E-state index is 13.3. The van der Waals surface area contributed by atoms with Crippen molar-refractivity contribution >= 4 is 38.1 Å². The van der Waals surface area contributed by atoms with Crippen molar-refractivity contribution in [1.82, 2.24) is 0 Å². The maximum Gasteiger partial charge on any atom is 0.248 e. The third-order valence-electron chi connectivity index (χ3n) is 4.46. The lowest BCUT2D eigenvalue weighted by atomic mass is 10.1. The second-order valence-corrected chi connectivity index (χ2v) is 8.33. The molecular formula is C21H21FN2O3S. The smallest absolute Gasteiger partial charge is 0.248 e. The third kappa shape index (κ3) is 4.14. The number of fused-ring (bicyclic) bond motifs is 1. The van der Waals surface area contributed by atoms with Gasteiger partial charge in [-0.05, 0) is 42.1 Å². The summed E-state index contributed by atoms with van der Waals surface area (Å²) < 4.78 is 39.2. The molecule has 1 amide bonds.